The number of rotatable bonds is 0. The van der Waals surface area contributed by atoms with E-state index in [1.165, 1.54) is 0 Å². The van der Waals surface area contributed by atoms with E-state index in [4.69, 9.17) is 18.9 Å². The van der Waals surface area contributed by atoms with Crippen molar-refractivity contribution in [2.45, 2.75) is 84.2 Å². The molecule has 0 atom stereocenters. The normalized spacial score (nSPS) is 28.8. The fourth-order valence-corrected chi connectivity index (χ4v) is 2.02. The lowest BCUT2D eigenvalue weighted by Crippen LogP contribution is -2.51. The van der Waals surface area contributed by atoms with Gasteiger partial charge in [-0.1, -0.05) is 6.58 Å². The van der Waals surface area contributed by atoms with Crippen LogP contribution in [0.5, 0.6) is 0 Å². The molecule has 1 aliphatic rings. The van der Waals surface area contributed by atoms with Gasteiger partial charge in [-0.3, -0.25) is 0 Å². The van der Waals surface area contributed by atoms with Gasteiger partial charge in [-0.05, 0) is 67.4 Å². The summed E-state index contributed by atoms with van der Waals surface area (Å²) in [7, 11) is 0. The third kappa shape index (κ3) is 5.28. The first-order chi connectivity index (χ1) is 10.3. The lowest BCUT2D eigenvalue weighted by molar-refractivity contribution is -0.194. The lowest BCUT2D eigenvalue weighted by atomic mass is 9.88. The van der Waals surface area contributed by atoms with Crippen LogP contribution in [0.4, 0.5) is 0 Å². The van der Waals surface area contributed by atoms with Crippen LogP contribution in [-0.2, 0) is 18.9 Å². The van der Waals surface area contributed by atoms with Crippen molar-refractivity contribution in [3.05, 3.63) is 12.2 Å². The molecule has 1 rings (SSSR count). The number of ether oxygens (including phenoxy) is 4. The van der Waals surface area contributed by atoms with Crippen LogP contribution in [0, 0.1) is 0 Å². The molecule has 0 radical (unpaired) electrons. The van der Waals surface area contributed by atoms with Crippen molar-refractivity contribution < 1.29 is 18.9 Å². The monoisotopic (exact) mass is 328 g/mol. The van der Waals surface area contributed by atoms with Crippen LogP contribution < -0.4 is 0 Å². The van der Waals surface area contributed by atoms with Crippen molar-refractivity contribution in [2.75, 3.05) is 26.4 Å². The second kappa shape index (κ2) is 7.22. The second-order valence-corrected chi connectivity index (χ2v) is 8.42. The van der Waals surface area contributed by atoms with E-state index in [1.54, 1.807) is 0 Å². The fraction of sp³-hybridized carbons (Fsp3) is 0.895. The summed E-state index contributed by atoms with van der Waals surface area (Å²) in [4.78, 5) is 0. The van der Waals surface area contributed by atoms with Crippen LogP contribution >= 0.6 is 0 Å². The van der Waals surface area contributed by atoms with Crippen molar-refractivity contribution in [2.24, 2.45) is 0 Å². The van der Waals surface area contributed by atoms with Crippen LogP contribution in [0.1, 0.15) is 61.8 Å². The molecule has 0 spiro atoms. The second-order valence-electron chi connectivity index (χ2n) is 8.42. The summed E-state index contributed by atoms with van der Waals surface area (Å²) in [6.45, 7) is 22.7. The molecule has 0 saturated carbocycles. The molecule has 0 unspecified atom stereocenters. The summed E-state index contributed by atoms with van der Waals surface area (Å²) in [5.41, 5.74) is -0.722. The maximum absolute atomic E-state index is 6.09. The molecule has 1 saturated heterocycles. The Hall–Kier alpha value is -0.420. The van der Waals surface area contributed by atoms with Gasteiger partial charge in [0.15, 0.2) is 0 Å². The molecule has 0 amide bonds. The maximum Gasteiger partial charge on any atom is 0.0913 e. The third-order valence-electron chi connectivity index (χ3n) is 5.39. The first-order valence-corrected chi connectivity index (χ1v) is 8.53. The molecule has 136 valence electrons. The average Bonchev–Trinajstić information content (AvgIpc) is 2.41. The summed E-state index contributed by atoms with van der Waals surface area (Å²) < 4.78 is 24.3. The molecule has 4 heteroatoms. The van der Waals surface area contributed by atoms with E-state index in [-0.39, 0.29) is 0 Å². The van der Waals surface area contributed by atoms with Crippen molar-refractivity contribution in [3.63, 3.8) is 0 Å². The van der Waals surface area contributed by atoms with Gasteiger partial charge in [0.05, 0.1) is 35.6 Å². The molecule has 0 aromatic rings. The molecule has 4 nitrogen and oxygen atoms in total. The minimum atomic E-state index is -0.421. The molecule has 0 N–H and O–H groups in total. The fourth-order valence-electron chi connectivity index (χ4n) is 2.02. The van der Waals surface area contributed by atoms with Gasteiger partial charge < -0.3 is 18.9 Å². The zero-order chi connectivity index (χ0) is 17.9. The van der Waals surface area contributed by atoms with E-state index >= 15 is 0 Å². The highest BCUT2D eigenvalue weighted by atomic mass is 16.6. The summed E-state index contributed by atoms with van der Waals surface area (Å²) in [6, 6.07) is 0. The highest BCUT2D eigenvalue weighted by Crippen LogP contribution is 2.32. The van der Waals surface area contributed by atoms with Gasteiger partial charge in [-0.25, -0.2) is 0 Å². The molecule has 0 bridgehead atoms. The summed E-state index contributed by atoms with van der Waals surface area (Å²) in [5.74, 6) is 0. The molecular formula is C19H36O4. The standard InChI is InChI=1S/C19H36O4/c1-15-13-22-18(6,7)16(2,3)20-11-10-12-21-17(4,5)19(8,9)23-14-15/h1,10-14H2,2-9H3. The van der Waals surface area contributed by atoms with Crippen LogP contribution in [-0.4, -0.2) is 48.8 Å². The van der Waals surface area contributed by atoms with Crippen LogP contribution in [0.15, 0.2) is 12.2 Å². The Bertz CT molecular complexity index is 372. The summed E-state index contributed by atoms with van der Waals surface area (Å²) in [6.07, 6.45) is 0.839. The van der Waals surface area contributed by atoms with Gasteiger partial charge in [0.1, 0.15) is 0 Å². The SMILES string of the molecule is C=C1COC(C)(C)C(C)(C)OCCCOC(C)(C)C(C)(C)OC1. The Kier molecular flexibility index (Phi) is 6.47. The van der Waals surface area contributed by atoms with Gasteiger partial charge in [-0.15, -0.1) is 0 Å². The van der Waals surface area contributed by atoms with E-state index in [0.717, 1.165) is 12.0 Å². The van der Waals surface area contributed by atoms with Crippen molar-refractivity contribution in [3.8, 4) is 0 Å². The quantitative estimate of drug-likeness (QED) is 0.627. The van der Waals surface area contributed by atoms with Crippen molar-refractivity contribution in [1.29, 1.82) is 0 Å². The molecule has 0 aliphatic carbocycles. The van der Waals surface area contributed by atoms with Crippen molar-refractivity contribution in [1.82, 2.24) is 0 Å². The van der Waals surface area contributed by atoms with E-state index in [1.807, 2.05) is 0 Å². The highest BCUT2D eigenvalue weighted by molar-refractivity contribution is 5.00. The topological polar surface area (TPSA) is 36.9 Å². The smallest absolute Gasteiger partial charge is 0.0913 e. The van der Waals surface area contributed by atoms with Crippen LogP contribution in [0.3, 0.4) is 0 Å². The Morgan fingerprint density at radius 1 is 0.609 bits per heavy atom. The highest BCUT2D eigenvalue weighted by Gasteiger charge is 2.41. The summed E-state index contributed by atoms with van der Waals surface area (Å²) >= 11 is 0. The Balaban J connectivity index is 2.87. The first kappa shape index (κ1) is 20.6. The lowest BCUT2D eigenvalue weighted by Gasteiger charge is -2.43. The predicted molar refractivity (Wildman–Crippen MR) is 93.9 cm³/mol. The van der Waals surface area contributed by atoms with Crippen LogP contribution in [0.25, 0.3) is 0 Å². The van der Waals surface area contributed by atoms with Gasteiger partial charge in [-0.2, -0.15) is 0 Å². The predicted octanol–water partition coefficient (Wildman–Crippen LogP) is 4.13. The zero-order valence-electron chi connectivity index (χ0n) is 16.4. The van der Waals surface area contributed by atoms with Gasteiger partial charge in [0.2, 0.25) is 0 Å². The maximum atomic E-state index is 6.09. The Labute approximate surface area is 142 Å². The first-order valence-electron chi connectivity index (χ1n) is 8.53. The number of hydrogen-bond donors (Lipinski definition) is 0. The third-order valence-corrected chi connectivity index (χ3v) is 5.39. The Morgan fingerprint density at radius 2 is 0.913 bits per heavy atom. The van der Waals surface area contributed by atoms with Crippen molar-refractivity contribution >= 4 is 0 Å². The molecule has 1 heterocycles. The minimum Gasteiger partial charge on any atom is -0.373 e. The molecule has 23 heavy (non-hydrogen) atoms. The Morgan fingerprint density at radius 3 is 1.26 bits per heavy atom. The largest absolute Gasteiger partial charge is 0.373 e. The molecule has 0 aromatic heterocycles. The summed E-state index contributed by atoms with van der Waals surface area (Å²) in [5, 5.41) is 0. The van der Waals surface area contributed by atoms with E-state index < -0.39 is 22.4 Å². The van der Waals surface area contributed by atoms with Gasteiger partial charge in [0.25, 0.3) is 0 Å². The molecule has 1 aliphatic heterocycles. The molecular weight excluding hydrogens is 292 g/mol. The zero-order valence-corrected chi connectivity index (χ0v) is 16.4. The van der Waals surface area contributed by atoms with E-state index in [9.17, 15) is 0 Å². The minimum absolute atomic E-state index is 0.396. The molecule has 0 aromatic carbocycles. The molecule has 1 fully saturated rings. The van der Waals surface area contributed by atoms with Gasteiger partial charge >= 0.3 is 0 Å². The van der Waals surface area contributed by atoms with E-state index in [0.29, 0.717) is 26.4 Å². The van der Waals surface area contributed by atoms with E-state index in [2.05, 4.69) is 62.0 Å². The van der Waals surface area contributed by atoms with Crippen LogP contribution in [0.2, 0.25) is 0 Å². The average molecular weight is 328 g/mol. The number of hydrogen-bond acceptors (Lipinski definition) is 4. The van der Waals surface area contributed by atoms with Gasteiger partial charge in [0, 0.05) is 13.2 Å².